The molecule has 0 saturated carbocycles. The molecule has 0 aromatic heterocycles. The summed E-state index contributed by atoms with van der Waals surface area (Å²) in [6, 6.07) is 12.1. The second-order valence-corrected chi connectivity index (χ2v) is 6.68. The highest BCUT2D eigenvalue weighted by Gasteiger charge is 2.22. The van der Waals surface area contributed by atoms with E-state index in [0.717, 1.165) is 24.3 Å². The van der Waals surface area contributed by atoms with Crippen LogP contribution >= 0.6 is 11.6 Å². The van der Waals surface area contributed by atoms with Crippen molar-refractivity contribution >= 4 is 23.3 Å². The number of rotatable bonds is 3. The zero-order valence-electron chi connectivity index (χ0n) is 14.1. The number of anilines is 1. The van der Waals surface area contributed by atoms with Crippen LogP contribution in [-0.2, 0) is 6.54 Å². The number of piperazine rings is 1. The Morgan fingerprint density at radius 1 is 1.16 bits per heavy atom. The number of amides is 2. The van der Waals surface area contributed by atoms with E-state index in [2.05, 4.69) is 10.2 Å². The molecule has 3 rings (SSSR count). The third-order valence-corrected chi connectivity index (χ3v) is 4.68. The fourth-order valence-corrected chi connectivity index (χ4v) is 3.16. The van der Waals surface area contributed by atoms with Gasteiger partial charge in [-0.15, -0.1) is 0 Å². The van der Waals surface area contributed by atoms with Crippen molar-refractivity contribution in [1.29, 1.82) is 0 Å². The van der Waals surface area contributed by atoms with Crippen LogP contribution in [0.25, 0.3) is 0 Å². The number of nitrogens with one attached hydrogen (secondary N) is 1. The predicted molar refractivity (Wildman–Crippen MR) is 98.5 cm³/mol. The molecule has 4 nitrogen and oxygen atoms in total. The molecule has 2 amide bonds. The monoisotopic (exact) mass is 361 g/mol. The van der Waals surface area contributed by atoms with Gasteiger partial charge in [0.1, 0.15) is 5.82 Å². The second kappa shape index (κ2) is 7.85. The van der Waals surface area contributed by atoms with Crippen LogP contribution in [0.5, 0.6) is 0 Å². The molecule has 132 valence electrons. The van der Waals surface area contributed by atoms with Gasteiger partial charge in [0.15, 0.2) is 0 Å². The van der Waals surface area contributed by atoms with Crippen LogP contribution in [0.3, 0.4) is 0 Å². The predicted octanol–water partition coefficient (Wildman–Crippen LogP) is 4.14. The number of nitrogens with zero attached hydrogens (tertiary/aromatic N) is 2. The van der Waals surface area contributed by atoms with Crippen LogP contribution in [-0.4, -0.2) is 42.0 Å². The van der Waals surface area contributed by atoms with E-state index >= 15 is 0 Å². The minimum Gasteiger partial charge on any atom is -0.322 e. The molecule has 2 aromatic carbocycles. The highest BCUT2D eigenvalue weighted by molar-refractivity contribution is 6.30. The molecule has 0 atom stereocenters. The Kier molecular flexibility index (Phi) is 5.56. The normalized spacial score (nSPS) is 15.2. The van der Waals surface area contributed by atoms with Crippen molar-refractivity contribution in [2.24, 2.45) is 0 Å². The Hall–Kier alpha value is -2.11. The first kappa shape index (κ1) is 17.7. The number of aryl methyl sites for hydroxylation is 1. The zero-order chi connectivity index (χ0) is 17.8. The molecule has 1 aliphatic heterocycles. The van der Waals surface area contributed by atoms with Crippen molar-refractivity contribution in [3.8, 4) is 0 Å². The van der Waals surface area contributed by atoms with Gasteiger partial charge in [0.2, 0.25) is 0 Å². The summed E-state index contributed by atoms with van der Waals surface area (Å²) in [6.45, 7) is 5.16. The molecule has 0 unspecified atom stereocenters. The van der Waals surface area contributed by atoms with Crippen molar-refractivity contribution in [2.45, 2.75) is 13.5 Å². The summed E-state index contributed by atoms with van der Waals surface area (Å²) >= 11 is 5.94. The van der Waals surface area contributed by atoms with Gasteiger partial charge in [-0.05, 0) is 36.8 Å². The van der Waals surface area contributed by atoms with E-state index in [1.54, 1.807) is 23.1 Å². The standard InChI is InChI=1S/C19H21ClFN3O/c1-14-12-16(20)6-7-18(14)22-19(25)24-10-8-23(9-11-24)13-15-4-2-3-5-17(15)21/h2-7,12H,8-11,13H2,1H3,(H,22,25). The maximum atomic E-state index is 13.7. The summed E-state index contributed by atoms with van der Waals surface area (Å²) in [7, 11) is 0. The molecule has 1 saturated heterocycles. The van der Waals surface area contributed by atoms with E-state index in [9.17, 15) is 9.18 Å². The van der Waals surface area contributed by atoms with Crippen LogP contribution in [0.15, 0.2) is 42.5 Å². The molecule has 0 spiro atoms. The molecule has 0 bridgehead atoms. The Morgan fingerprint density at radius 3 is 2.56 bits per heavy atom. The molecular formula is C19H21ClFN3O. The first-order valence-electron chi connectivity index (χ1n) is 8.31. The summed E-state index contributed by atoms with van der Waals surface area (Å²) in [4.78, 5) is 16.4. The van der Waals surface area contributed by atoms with Gasteiger partial charge in [-0.3, -0.25) is 4.90 Å². The lowest BCUT2D eigenvalue weighted by atomic mass is 10.2. The molecular weight excluding hydrogens is 341 g/mol. The maximum Gasteiger partial charge on any atom is 0.321 e. The SMILES string of the molecule is Cc1cc(Cl)ccc1NC(=O)N1CCN(Cc2ccccc2F)CC1. The van der Waals surface area contributed by atoms with Crippen molar-refractivity contribution in [2.75, 3.05) is 31.5 Å². The largest absolute Gasteiger partial charge is 0.322 e. The first-order chi connectivity index (χ1) is 12.0. The smallest absolute Gasteiger partial charge is 0.321 e. The number of benzene rings is 2. The molecule has 1 aliphatic rings. The summed E-state index contributed by atoms with van der Waals surface area (Å²) < 4.78 is 13.7. The lowest BCUT2D eigenvalue weighted by molar-refractivity contribution is 0.142. The van der Waals surface area contributed by atoms with Crippen molar-refractivity contribution < 1.29 is 9.18 Å². The average Bonchev–Trinajstić information content (AvgIpc) is 2.60. The van der Waals surface area contributed by atoms with Crippen molar-refractivity contribution in [1.82, 2.24) is 9.80 Å². The highest BCUT2D eigenvalue weighted by atomic mass is 35.5. The number of halogens is 2. The first-order valence-corrected chi connectivity index (χ1v) is 8.68. The molecule has 1 fully saturated rings. The van der Waals surface area contributed by atoms with Gasteiger partial charge < -0.3 is 10.2 Å². The van der Waals surface area contributed by atoms with Crippen LogP contribution in [0.1, 0.15) is 11.1 Å². The second-order valence-electron chi connectivity index (χ2n) is 6.24. The summed E-state index contributed by atoms with van der Waals surface area (Å²) in [5.74, 6) is -0.180. The van der Waals surface area contributed by atoms with Crippen molar-refractivity contribution in [3.63, 3.8) is 0 Å². The average molecular weight is 362 g/mol. The van der Waals surface area contributed by atoms with Gasteiger partial charge in [0.05, 0.1) is 0 Å². The molecule has 6 heteroatoms. The number of urea groups is 1. The molecule has 2 aromatic rings. The minimum absolute atomic E-state index is 0.115. The Bertz CT molecular complexity index is 760. The number of carbonyl (C=O) groups excluding carboxylic acids is 1. The lowest BCUT2D eigenvalue weighted by Gasteiger charge is -2.34. The van der Waals surface area contributed by atoms with Gasteiger partial charge in [-0.25, -0.2) is 9.18 Å². The molecule has 0 aliphatic carbocycles. The number of hydrogen-bond donors (Lipinski definition) is 1. The Morgan fingerprint density at radius 2 is 1.88 bits per heavy atom. The third-order valence-electron chi connectivity index (χ3n) is 4.44. The fraction of sp³-hybridized carbons (Fsp3) is 0.316. The quantitative estimate of drug-likeness (QED) is 0.891. The minimum atomic E-state index is -0.180. The van der Waals surface area contributed by atoms with Crippen LogP contribution < -0.4 is 5.32 Å². The van der Waals surface area contributed by atoms with E-state index in [-0.39, 0.29) is 11.8 Å². The van der Waals surface area contributed by atoms with E-state index < -0.39 is 0 Å². The Balaban J connectivity index is 1.53. The zero-order valence-corrected chi connectivity index (χ0v) is 14.9. The number of carbonyl (C=O) groups is 1. The lowest BCUT2D eigenvalue weighted by Crippen LogP contribution is -2.49. The Labute approximate surface area is 152 Å². The maximum absolute atomic E-state index is 13.7. The molecule has 1 N–H and O–H groups in total. The number of hydrogen-bond acceptors (Lipinski definition) is 2. The van der Waals surface area contributed by atoms with E-state index in [0.29, 0.717) is 30.2 Å². The fourth-order valence-electron chi connectivity index (χ4n) is 2.94. The van der Waals surface area contributed by atoms with Gasteiger partial charge in [0.25, 0.3) is 0 Å². The van der Waals surface area contributed by atoms with Gasteiger partial charge in [-0.2, -0.15) is 0 Å². The molecule has 1 heterocycles. The third kappa shape index (κ3) is 4.50. The topological polar surface area (TPSA) is 35.6 Å². The van der Waals surface area contributed by atoms with E-state index in [1.807, 2.05) is 25.1 Å². The highest BCUT2D eigenvalue weighted by Crippen LogP contribution is 2.20. The summed E-state index contributed by atoms with van der Waals surface area (Å²) in [5.41, 5.74) is 2.39. The van der Waals surface area contributed by atoms with Gasteiger partial charge >= 0.3 is 6.03 Å². The van der Waals surface area contributed by atoms with Crippen LogP contribution in [0.2, 0.25) is 5.02 Å². The molecule has 25 heavy (non-hydrogen) atoms. The van der Waals surface area contributed by atoms with Crippen LogP contribution in [0, 0.1) is 12.7 Å². The van der Waals surface area contributed by atoms with Crippen molar-refractivity contribution in [3.05, 3.63) is 64.4 Å². The summed E-state index contributed by atoms with van der Waals surface area (Å²) in [6.07, 6.45) is 0. The van der Waals surface area contributed by atoms with E-state index in [4.69, 9.17) is 11.6 Å². The van der Waals surface area contributed by atoms with Gasteiger partial charge in [0, 0.05) is 49.0 Å². The molecule has 0 radical (unpaired) electrons. The van der Waals surface area contributed by atoms with E-state index in [1.165, 1.54) is 6.07 Å². The summed E-state index contributed by atoms with van der Waals surface area (Å²) in [5, 5.41) is 3.58. The van der Waals surface area contributed by atoms with Crippen LogP contribution in [0.4, 0.5) is 14.9 Å². The van der Waals surface area contributed by atoms with Gasteiger partial charge in [-0.1, -0.05) is 29.8 Å².